The maximum Gasteiger partial charge on any atom is 0.255 e. The van der Waals surface area contributed by atoms with Crippen LogP contribution >= 0.6 is 136 Å². The Morgan fingerprint density at radius 3 is 1.08 bits per heavy atom. The molecule has 2 rings (SSSR count). The summed E-state index contributed by atoms with van der Waals surface area (Å²) in [5, 5.41) is 87.3. The van der Waals surface area contributed by atoms with Crippen LogP contribution in [0.5, 0.6) is 0 Å². The summed E-state index contributed by atoms with van der Waals surface area (Å²) < 4.78 is 1.27. The Morgan fingerprint density at radius 2 is 0.800 bits per heavy atom. The lowest BCUT2D eigenvalue weighted by molar-refractivity contribution is -0.126. The first-order valence-corrected chi connectivity index (χ1v) is 23.8. The minimum absolute atomic E-state index is 0.00248. The van der Waals surface area contributed by atoms with E-state index in [1.54, 1.807) is 45.2 Å². The van der Waals surface area contributed by atoms with E-state index in [0.717, 1.165) is 9.80 Å². The largest absolute Gasteiger partial charge is 0.394 e. The number of amides is 6. The van der Waals surface area contributed by atoms with E-state index in [1.807, 2.05) is 90.4 Å². The molecule has 4 unspecified atom stereocenters. The van der Waals surface area contributed by atoms with Gasteiger partial charge in [-0.05, 0) is 148 Å². The number of carbonyl (C=O) groups excluding carboxylic acids is 6. The van der Waals surface area contributed by atoms with Gasteiger partial charge in [0.2, 0.25) is 0 Å². The second kappa shape index (κ2) is 26.3. The van der Waals surface area contributed by atoms with Crippen LogP contribution in [0.2, 0.25) is 0 Å². The van der Waals surface area contributed by atoms with Crippen molar-refractivity contribution in [2.75, 3.05) is 77.3 Å². The topological polar surface area (TPSA) is 319 Å². The zero-order chi connectivity index (χ0) is 45.8. The van der Waals surface area contributed by atoms with E-state index in [0.29, 0.717) is 12.8 Å². The van der Waals surface area contributed by atoms with Gasteiger partial charge in [-0.15, -0.1) is 0 Å². The molecule has 0 fully saturated rings. The van der Waals surface area contributed by atoms with Crippen molar-refractivity contribution in [3.63, 3.8) is 0 Å². The van der Waals surface area contributed by atoms with Crippen LogP contribution in [0.1, 0.15) is 54.3 Å². The van der Waals surface area contributed by atoms with Gasteiger partial charge in [-0.1, -0.05) is 0 Å². The van der Waals surface area contributed by atoms with Crippen molar-refractivity contribution in [1.29, 1.82) is 0 Å². The number of nitrogens with one attached hydrogen (secondary N) is 4. The van der Waals surface area contributed by atoms with E-state index in [2.05, 4.69) is 21.3 Å². The van der Waals surface area contributed by atoms with E-state index < -0.39 is 86.3 Å². The third kappa shape index (κ3) is 14.4. The molecule has 0 bridgehead atoms. The molecule has 0 aliphatic rings. The van der Waals surface area contributed by atoms with Crippen molar-refractivity contribution in [3.05, 3.63) is 43.7 Å². The SMILES string of the molecule is CN(CC(O)CO)C(=O)c1c(I)c(NC(=O)C(O)CO)c(I)c(C(=O)NCCCCNC(=O)c2c(I)c(NC(=O)C(O)CO)c(I)c(C(=O)N(C)CC(O)CO)c2I)c1I. The predicted octanol–water partition coefficient (Wildman–Crippen LogP) is -0.312. The van der Waals surface area contributed by atoms with E-state index >= 15 is 0 Å². The van der Waals surface area contributed by atoms with Crippen molar-refractivity contribution in [1.82, 2.24) is 20.4 Å². The smallest absolute Gasteiger partial charge is 0.255 e. The molecule has 12 N–H and O–H groups in total. The lowest BCUT2D eigenvalue weighted by Gasteiger charge is -2.24. The third-order valence-corrected chi connectivity index (χ3v) is 14.7. The Bertz CT molecular complexity index is 1810. The quantitative estimate of drug-likeness (QED) is 0.0564. The fourth-order valence-electron chi connectivity index (χ4n) is 5.03. The van der Waals surface area contributed by atoms with Gasteiger partial charge in [-0.2, -0.15) is 0 Å². The molecular formula is C34H42I6N6O14. The molecule has 0 aliphatic heterocycles. The molecule has 0 aliphatic carbocycles. The van der Waals surface area contributed by atoms with Crippen LogP contribution in [0.4, 0.5) is 11.4 Å². The highest BCUT2D eigenvalue weighted by Crippen LogP contribution is 2.38. The molecule has 0 heterocycles. The Hall–Kier alpha value is -0.680. The molecular weight excluding hydrogens is 1480 g/mol. The molecule has 0 aromatic heterocycles. The minimum atomic E-state index is -1.80. The van der Waals surface area contributed by atoms with Crippen molar-refractivity contribution < 1.29 is 69.6 Å². The summed E-state index contributed by atoms with van der Waals surface area (Å²) in [6.45, 7) is -3.35. The van der Waals surface area contributed by atoms with Gasteiger partial charge in [0.25, 0.3) is 35.4 Å². The average Bonchev–Trinajstić information content (AvgIpc) is 3.20. The highest BCUT2D eigenvalue weighted by atomic mass is 127. The van der Waals surface area contributed by atoms with Gasteiger partial charge in [0.05, 0.1) is 86.5 Å². The summed E-state index contributed by atoms with van der Waals surface area (Å²) >= 11 is 10.9. The lowest BCUT2D eigenvalue weighted by atomic mass is 10.1. The van der Waals surface area contributed by atoms with Crippen LogP contribution in [0.25, 0.3) is 0 Å². The highest BCUT2D eigenvalue weighted by molar-refractivity contribution is 14.1. The number of unbranched alkanes of at least 4 members (excludes halogenated alkanes) is 1. The number of hydrogen-bond acceptors (Lipinski definition) is 14. The molecule has 334 valence electrons. The van der Waals surface area contributed by atoms with E-state index in [4.69, 9.17) is 0 Å². The number of aliphatic hydroxyl groups excluding tert-OH is 8. The zero-order valence-corrected chi connectivity index (χ0v) is 44.5. The second-order valence-corrected chi connectivity index (χ2v) is 19.2. The molecule has 0 saturated carbocycles. The van der Waals surface area contributed by atoms with E-state index in [9.17, 15) is 69.6 Å². The number of hydrogen-bond donors (Lipinski definition) is 12. The minimum Gasteiger partial charge on any atom is -0.394 e. The predicted molar refractivity (Wildman–Crippen MR) is 267 cm³/mol. The second-order valence-electron chi connectivity index (χ2n) is 12.8. The van der Waals surface area contributed by atoms with Crippen molar-refractivity contribution in [2.45, 2.75) is 37.3 Å². The molecule has 20 nitrogen and oxygen atoms in total. The number of nitrogens with zero attached hydrogens (tertiary/aromatic N) is 2. The maximum absolute atomic E-state index is 13.7. The number of rotatable bonds is 21. The van der Waals surface area contributed by atoms with Gasteiger partial charge < -0.3 is 71.9 Å². The maximum atomic E-state index is 13.7. The van der Waals surface area contributed by atoms with Crippen LogP contribution in [-0.2, 0) is 9.59 Å². The lowest BCUT2D eigenvalue weighted by Crippen LogP contribution is -2.38. The van der Waals surface area contributed by atoms with Crippen molar-refractivity contribution >= 4 is 182 Å². The van der Waals surface area contributed by atoms with E-state index in [1.165, 1.54) is 14.1 Å². The third-order valence-electron chi connectivity index (χ3n) is 8.22. The first-order chi connectivity index (χ1) is 28.1. The first-order valence-electron chi connectivity index (χ1n) is 17.4. The standard InChI is InChI=1S/C34H42I6N6O14/c1-45(7-13(51)9-47)33(59)19-21(35)17(23(37)27(25(19)39)43-29(55)15(53)11-49)31(57)41-5-3-4-6-42-32(58)18-22(36)20(34(60)46(2)8-14(52)10-48)26(40)28(24(18)38)44-30(56)16(54)12-50/h13-16,47-54H,3-12H2,1-2H3,(H,41,57)(H,42,58)(H,43,55)(H,44,56). The Morgan fingerprint density at radius 1 is 0.500 bits per heavy atom. The molecule has 26 heteroatoms. The van der Waals surface area contributed by atoms with Crippen LogP contribution in [0.3, 0.4) is 0 Å². The van der Waals surface area contributed by atoms with Crippen LogP contribution in [-0.4, -0.2) is 177 Å². The van der Waals surface area contributed by atoms with Gasteiger partial charge in [-0.25, -0.2) is 0 Å². The molecule has 0 radical (unpaired) electrons. The number of halogens is 6. The molecule has 0 spiro atoms. The Labute approximate surface area is 425 Å². The summed E-state index contributed by atoms with van der Waals surface area (Å²) in [4.78, 5) is 82.1. The highest BCUT2D eigenvalue weighted by Gasteiger charge is 2.33. The number of likely N-dealkylation sites (N-methyl/N-ethyl adjacent to an activating group) is 2. The fraction of sp³-hybridized carbons (Fsp3) is 0.471. The molecule has 0 saturated heterocycles. The zero-order valence-electron chi connectivity index (χ0n) is 31.6. The normalized spacial score (nSPS) is 13.1. The first kappa shape index (κ1) is 55.5. The number of benzene rings is 2. The summed E-state index contributed by atoms with van der Waals surface area (Å²) in [5.74, 6) is -4.54. The summed E-state index contributed by atoms with van der Waals surface area (Å²) in [6.07, 6.45) is -5.45. The fourth-order valence-corrected chi connectivity index (χ4v) is 13.8. The average molecular weight is 1520 g/mol. The molecule has 60 heavy (non-hydrogen) atoms. The van der Waals surface area contributed by atoms with Gasteiger partial charge >= 0.3 is 0 Å². The van der Waals surface area contributed by atoms with Crippen LogP contribution in [0.15, 0.2) is 0 Å². The Balaban J connectivity index is 2.36. The number of anilines is 2. The molecule has 2 aromatic rings. The monoisotopic (exact) mass is 1520 g/mol. The summed E-state index contributed by atoms with van der Waals surface area (Å²) in [7, 11) is 2.76. The van der Waals surface area contributed by atoms with E-state index in [-0.39, 0.29) is 81.2 Å². The molecule has 6 amide bonds. The Kier molecular flexibility index (Phi) is 24.3. The van der Waals surface area contributed by atoms with Crippen LogP contribution < -0.4 is 21.3 Å². The van der Waals surface area contributed by atoms with Crippen molar-refractivity contribution in [3.8, 4) is 0 Å². The van der Waals surface area contributed by atoms with Gasteiger partial charge in [0.1, 0.15) is 0 Å². The van der Waals surface area contributed by atoms with Crippen LogP contribution in [0, 0.1) is 21.4 Å². The van der Waals surface area contributed by atoms with Gasteiger partial charge in [0, 0.05) is 47.4 Å². The van der Waals surface area contributed by atoms with Gasteiger partial charge in [0.15, 0.2) is 12.2 Å². The number of carbonyl (C=O) groups is 6. The van der Waals surface area contributed by atoms with Gasteiger partial charge in [-0.3, -0.25) is 28.8 Å². The molecule has 2 aromatic carbocycles. The summed E-state index contributed by atoms with van der Waals surface area (Å²) in [6, 6.07) is 0. The number of aliphatic hydroxyl groups is 8. The molecule has 4 atom stereocenters. The van der Waals surface area contributed by atoms with Crippen molar-refractivity contribution in [2.24, 2.45) is 0 Å². The summed E-state index contributed by atoms with van der Waals surface area (Å²) in [5.41, 5.74) is 0.0601.